The fourth-order valence-electron chi connectivity index (χ4n) is 5.21. The van der Waals surface area contributed by atoms with Crippen LogP contribution >= 0.6 is 0 Å². The van der Waals surface area contributed by atoms with Gasteiger partial charge in [-0.25, -0.2) is 9.37 Å². The number of aromatic nitrogens is 1. The molecule has 8 heteroatoms. The van der Waals surface area contributed by atoms with Crippen molar-refractivity contribution in [2.45, 2.75) is 44.4 Å². The third-order valence-corrected chi connectivity index (χ3v) is 7.21. The van der Waals surface area contributed by atoms with E-state index < -0.39 is 0 Å². The highest BCUT2D eigenvalue weighted by Crippen LogP contribution is 2.31. The number of hydrogen-bond acceptors (Lipinski definition) is 7. The molecule has 2 unspecified atom stereocenters. The highest BCUT2D eigenvalue weighted by Gasteiger charge is 2.28. The van der Waals surface area contributed by atoms with Crippen LogP contribution in [-0.2, 0) is 27.1 Å². The summed E-state index contributed by atoms with van der Waals surface area (Å²) in [5.41, 5.74) is 2.94. The Bertz CT molecular complexity index is 1020. The molecule has 0 radical (unpaired) electrons. The summed E-state index contributed by atoms with van der Waals surface area (Å²) in [6.07, 6.45) is 5.51. The molecule has 1 aromatic heterocycles. The van der Waals surface area contributed by atoms with Gasteiger partial charge in [0, 0.05) is 38.4 Å². The molecule has 0 aliphatic carbocycles. The van der Waals surface area contributed by atoms with E-state index in [-0.39, 0.29) is 24.1 Å². The Morgan fingerprint density at radius 2 is 2.14 bits per heavy atom. The van der Waals surface area contributed by atoms with E-state index in [1.165, 1.54) is 18.7 Å². The van der Waals surface area contributed by atoms with Crippen molar-refractivity contribution in [2.24, 2.45) is 5.92 Å². The second kappa shape index (κ2) is 13.0. The van der Waals surface area contributed by atoms with Crippen molar-refractivity contribution in [3.05, 3.63) is 53.0 Å². The quantitative estimate of drug-likeness (QED) is 0.347. The third kappa shape index (κ3) is 7.17. The highest BCUT2D eigenvalue weighted by molar-refractivity contribution is 5.70. The minimum absolute atomic E-state index is 0.127. The number of hydrogen-bond donors (Lipinski definition) is 1. The lowest BCUT2D eigenvalue weighted by Crippen LogP contribution is -2.28. The molecule has 4 rings (SSSR count). The van der Waals surface area contributed by atoms with Gasteiger partial charge in [0.25, 0.3) is 0 Å². The van der Waals surface area contributed by atoms with Crippen LogP contribution in [0.25, 0.3) is 0 Å². The summed E-state index contributed by atoms with van der Waals surface area (Å²) in [4.78, 5) is 19.4. The van der Waals surface area contributed by atoms with Crippen LogP contribution in [0.3, 0.4) is 0 Å². The van der Waals surface area contributed by atoms with Crippen LogP contribution in [0.2, 0.25) is 0 Å². The number of rotatable bonds is 12. The van der Waals surface area contributed by atoms with Gasteiger partial charge in [-0.1, -0.05) is 6.07 Å². The first kappa shape index (κ1) is 26.4. The smallest absolute Gasteiger partial charge is 0.306 e. The lowest BCUT2D eigenvalue weighted by molar-refractivity contribution is -0.141. The lowest BCUT2D eigenvalue weighted by atomic mass is 9.94. The number of benzene rings is 1. The number of halogens is 1. The predicted octanol–water partition coefficient (Wildman–Crippen LogP) is 4.21. The average Bonchev–Trinajstić information content (AvgIpc) is 3.35. The lowest BCUT2D eigenvalue weighted by Gasteiger charge is -2.24. The van der Waals surface area contributed by atoms with Gasteiger partial charge >= 0.3 is 5.97 Å². The number of nitrogens with zero attached hydrogens (tertiary/aromatic N) is 2. The molecule has 1 N–H and O–H groups in total. The molecule has 7 nitrogen and oxygen atoms in total. The predicted molar refractivity (Wildman–Crippen MR) is 137 cm³/mol. The van der Waals surface area contributed by atoms with Gasteiger partial charge in [0.2, 0.25) is 0 Å². The first-order valence-corrected chi connectivity index (χ1v) is 13.0. The van der Waals surface area contributed by atoms with Crippen LogP contribution < -0.4 is 10.1 Å². The van der Waals surface area contributed by atoms with E-state index in [2.05, 4.69) is 22.3 Å². The van der Waals surface area contributed by atoms with Gasteiger partial charge in [-0.2, -0.15) is 0 Å². The number of esters is 1. The molecular formula is C28H38FN3O4. The van der Waals surface area contributed by atoms with Gasteiger partial charge in [-0.15, -0.1) is 0 Å². The summed E-state index contributed by atoms with van der Waals surface area (Å²) >= 11 is 0. The van der Waals surface area contributed by atoms with E-state index in [0.717, 1.165) is 63.3 Å². The van der Waals surface area contributed by atoms with Gasteiger partial charge in [0.05, 0.1) is 20.1 Å². The topological polar surface area (TPSA) is 72.9 Å². The van der Waals surface area contributed by atoms with Crippen molar-refractivity contribution in [1.82, 2.24) is 9.88 Å². The SMILES string of the molecule is COCCOc1ccc(F)c(C(CC(=O)OC)CN2CCC(CCc3ccc4c(n3)NCCC4)C2)c1. The summed E-state index contributed by atoms with van der Waals surface area (Å²) in [6.45, 7) is 4.30. The molecule has 2 atom stereocenters. The summed E-state index contributed by atoms with van der Waals surface area (Å²) in [5, 5.41) is 3.42. The van der Waals surface area contributed by atoms with Crippen molar-refractivity contribution >= 4 is 11.8 Å². The number of carbonyl (C=O) groups excluding carboxylic acids is 1. The van der Waals surface area contributed by atoms with E-state index in [1.807, 2.05) is 0 Å². The Balaban J connectivity index is 1.36. The molecule has 0 amide bonds. The molecule has 36 heavy (non-hydrogen) atoms. The monoisotopic (exact) mass is 499 g/mol. The number of ether oxygens (including phenoxy) is 3. The Kier molecular flexibility index (Phi) is 9.53. The van der Waals surface area contributed by atoms with Crippen LogP contribution in [0, 0.1) is 11.7 Å². The van der Waals surface area contributed by atoms with E-state index in [1.54, 1.807) is 19.2 Å². The zero-order chi connectivity index (χ0) is 25.3. The fourth-order valence-corrected chi connectivity index (χ4v) is 5.21. The average molecular weight is 500 g/mol. The molecular weight excluding hydrogens is 461 g/mol. The number of carbonyl (C=O) groups is 1. The van der Waals surface area contributed by atoms with E-state index in [0.29, 0.717) is 37.0 Å². The molecule has 0 saturated carbocycles. The van der Waals surface area contributed by atoms with Crippen LogP contribution in [0.1, 0.15) is 48.4 Å². The maximum absolute atomic E-state index is 14.9. The van der Waals surface area contributed by atoms with Crippen LogP contribution in [0.15, 0.2) is 30.3 Å². The summed E-state index contributed by atoms with van der Waals surface area (Å²) < 4.78 is 30.5. The summed E-state index contributed by atoms with van der Waals surface area (Å²) in [5.74, 6) is 1.20. The Morgan fingerprint density at radius 3 is 2.97 bits per heavy atom. The molecule has 196 valence electrons. The Hall–Kier alpha value is -2.71. The molecule has 1 saturated heterocycles. The fraction of sp³-hybridized carbons (Fsp3) is 0.571. The second-order valence-electron chi connectivity index (χ2n) is 9.80. The minimum atomic E-state index is -0.340. The second-order valence-corrected chi connectivity index (χ2v) is 9.80. The molecule has 1 aromatic carbocycles. The van der Waals surface area contributed by atoms with Crippen LogP contribution in [0.5, 0.6) is 5.75 Å². The standard InChI is InChI=1S/C28H38FN3O4/c1-34-14-15-36-24-9-10-26(29)25(17-24)22(16-27(33)35-2)19-32-13-11-20(18-32)5-7-23-8-6-21-4-3-12-30-28(21)31-23/h6,8-10,17,20,22H,3-5,7,11-16,18-19H2,1-2H3,(H,30,31). The number of anilines is 1. The molecule has 0 bridgehead atoms. The van der Waals surface area contributed by atoms with Crippen molar-refractivity contribution in [3.8, 4) is 5.75 Å². The van der Waals surface area contributed by atoms with Crippen molar-refractivity contribution in [3.63, 3.8) is 0 Å². The van der Waals surface area contributed by atoms with Crippen molar-refractivity contribution < 1.29 is 23.4 Å². The molecule has 1 fully saturated rings. The first-order valence-electron chi connectivity index (χ1n) is 13.0. The Labute approximate surface area is 213 Å². The van der Waals surface area contributed by atoms with Gasteiger partial charge in [-0.3, -0.25) is 4.79 Å². The Morgan fingerprint density at radius 1 is 1.25 bits per heavy atom. The molecule has 2 aliphatic rings. The summed E-state index contributed by atoms with van der Waals surface area (Å²) in [6, 6.07) is 9.11. The number of pyridine rings is 1. The molecule has 3 heterocycles. The van der Waals surface area contributed by atoms with Gasteiger partial charge < -0.3 is 24.4 Å². The largest absolute Gasteiger partial charge is 0.491 e. The van der Waals surface area contributed by atoms with Crippen LogP contribution in [-0.4, -0.2) is 69.5 Å². The zero-order valence-electron chi connectivity index (χ0n) is 21.4. The van der Waals surface area contributed by atoms with Crippen LogP contribution in [0.4, 0.5) is 10.2 Å². The van der Waals surface area contributed by atoms with Gasteiger partial charge in [0.15, 0.2) is 0 Å². The number of aryl methyl sites for hydroxylation is 2. The van der Waals surface area contributed by atoms with E-state index in [4.69, 9.17) is 19.2 Å². The first-order chi connectivity index (χ1) is 17.6. The normalized spacial score (nSPS) is 18.4. The van der Waals surface area contributed by atoms with E-state index >= 15 is 0 Å². The van der Waals surface area contributed by atoms with Gasteiger partial charge in [-0.05, 0) is 80.0 Å². The number of likely N-dealkylation sites (tertiary alicyclic amines) is 1. The maximum Gasteiger partial charge on any atom is 0.306 e. The van der Waals surface area contributed by atoms with Crippen molar-refractivity contribution in [1.29, 1.82) is 0 Å². The number of fused-ring (bicyclic) bond motifs is 1. The zero-order valence-corrected chi connectivity index (χ0v) is 21.4. The molecule has 2 aliphatic heterocycles. The maximum atomic E-state index is 14.9. The number of methoxy groups -OCH3 is 2. The van der Waals surface area contributed by atoms with E-state index in [9.17, 15) is 9.18 Å². The van der Waals surface area contributed by atoms with Gasteiger partial charge in [0.1, 0.15) is 24.0 Å². The number of nitrogens with one attached hydrogen (secondary N) is 1. The van der Waals surface area contributed by atoms with Crippen molar-refractivity contribution in [2.75, 3.05) is 58.9 Å². The highest BCUT2D eigenvalue weighted by atomic mass is 19.1. The molecule has 2 aromatic rings. The third-order valence-electron chi connectivity index (χ3n) is 7.21. The molecule has 0 spiro atoms. The summed E-state index contributed by atoms with van der Waals surface area (Å²) in [7, 11) is 2.98. The minimum Gasteiger partial charge on any atom is -0.491 e.